The topological polar surface area (TPSA) is 48.5 Å². The fourth-order valence-corrected chi connectivity index (χ4v) is 9.71. The standard InChI is InChI=1S/C56H39N5/c1-56(2)47-29-16-15-28-43(47)52-51(56)46-35-49-45(34-50(46)61(52)41-25-13-6-14-26-41)44-33-39(36-18-7-3-8-19-36)30-31-48(44)60(49)42-27-17-24-40(32-42)55-58-53(37-20-9-4-10-21-37)57-54(59-55)38-22-11-5-12-23-38/h3-35H,1-2H3. The van der Waals surface area contributed by atoms with Gasteiger partial charge in [-0.15, -0.1) is 0 Å². The Morgan fingerprint density at radius 3 is 1.54 bits per heavy atom. The number of para-hydroxylation sites is 1. The molecular weight excluding hydrogens is 743 g/mol. The maximum Gasteiger partial charge on any atom is 0.164 e. The van der Waals surface area contributed by atoms with Crippen LogP contribution in [-0.4, -0.2) is 24.1 Å². The van der Waals surface area contributed by atoms with E-state index < -0.39 is 0 Å². The van der Waals surface area contributed by atoms with Crippen molar-refractivity contribution in [3.63, 3.8) is 0 Å². The number of benzene rings is 8. The molecule has 0 N–H and O–H groups in total. The van der Waals surface area contributed by atoms with Gasteiger partial charge in [0.25, 0.3) is 0 Å². The maximum absolute atomic E-state index is 5.10. The second kappa shape index (κ2) is 13.6. The first-order valence-corrected chi connectivity index (χ1v) is 20.9. The monoisotopic (exact) mass is 781 g/mol. The molecule has 3 aromatic heterocycles. The van der Waals surface area contributed by atoms with Gasteiger partial charge in [-0.1, -0.05) is 166 Å². The molecule has 12 rings (SSSR count). The molecule has 0 amide bonds. The number of rotatable bonds is 6. The van der Waals surface area contributed by atoms with Crippen molar-refractivity contribution < 1.29 is 0 Å². The van der Waals surface area contributed by atoms with Crippen LogP contribution in [0.15, 0.2) is 200 Å². The summed E-state index contributed by atoms with van der Waals surface area (Å²) in [5.74, 6) is 1.91. The minimum absolute atomic E-state index is 0.208. The zero-order valence-corrected chi connectivity index (χ0v) is 33.8. The molecule has 3 heterocycles. The lowest BCUT2D eigenvalue weighted by Gasteiger charge is -2.21. The molecule has 5 nitrogen and oxygen atoms in total. The normalized spacial score (nSPS) is 12.9. The van der Waals surface area contributed by atoms with Crippen molar-refractivity contribution in [3.05, 3.63) is 211 Å². The van der Waals surface area contributed by atoms with E-state index in [0.717, 1.165) is 39.1 Å². The first-order valence-electron chi connectivity index (χ1n) is 20.9. The Labute approximate surface area is 353 Å². The summed E-state index contributed by atoms with van der Waals surface area (Å²) in [6, 6.07) is 71.2. The van der Waals surface area contributed by atoms with Crippen molar-refractivity contribution in [1.82, 2.24) is 24.1 Å². The minimum Gasteiger partial charge on any atom is -0.309 e. The highest BCUT2D eigenvalue weighted by Gasteiger charge is 2.40. The highest BCUT2D eigenvalue weighted by Crippen LogP contribution is 2.54. The second-order valence-electron chi connectivity index (χ2n) is 16.5. The van der Waals surface area contributed by atoms with Crippen molar-refractivity contribution in [3.8, 4) is 67.9 Å². The molecule has 1 aliphatic carbocycles. The van der Waals surface area contributed by atoms with Crippen LogP contribution in [0.2, 0.25) is 0 Å². The molecule has 61 heavy (non-hydrogen) atoms. The van der Waals surface area contributed by atoms with Gasteiger partial charge in [0.2, 0.25) is 0 Å². The second-order valence-corrected chi connectivity index (χ2v) is 16.5. The molecule has 0 saturated heterocycles. The Morgan fingerprint density at radius 1 is 0.361 bits per heavy atom. The number of fused-ring (bicyclic) bond motifs is 8. The average Bonchev–Trinajstić information content (AvgIpc) is 3.92. The van der Waals surface area contributed by atoms with Gasteiger partial charge in [-0.25, -0.2) is 15.0 Å². The van der Waals surface area contributed by atoms with E-state index in [4.69, 9.17) is 15.0 Å². The quantitative estimate of drug-likeness (QED) is 0.169. The SMILES string of the molecule is CC1(C)c2ccccc2-c2c1c1cc3c(cc1n2-c1ccccc1)c1cc(-c2ccccc2)ccc1n3-c1cccc(-c2nc(-c3ccccc3)nc(-c3ccccc3)n2)c1. The maximum atomic E-state index is 5.10. The molecule has 0 saturated carbocycles. The molecule has 288 valence electrons. The van der Waals surface area contributed by atoms with Gasteiger partial charge in [0.15, 0.2) is 17.5 Å². The molecule has 0 radical (unpaired) electrons. The molecule has 1 aliphatic rings. The summed E-state index contributed by atoms with van der Waals surface area (Å²) < 4.78 is 4.93. The Balaban J connectivity index is 1.14. The van der Waals surface area contributed by atoms with Gasteiger partial charge in [0, 0.05) is 55.2 Å². The summed E-state index contributed by atoms with van der Waals surface area (Å²) in [6.45, 7) is 4.76. The van der Waals surface area contributed by atoms with E-state index in [9.17, 15) is 0 Å². The van der Waals surface area contributed by atoms with E-state index in [1.165, 1.54) is 55.2 Å². The van der Waals surface area contributed by atoms with Gasteiger partial charge in [0.05, 0.1) is 22.2 Å². The zero-order valence-electron chi connectivity index (χ0n) is 33.8. The molecule has 5 heteroatoms. The van der Waals surface area contributed by atoms with Gasteiger partial charge < -0.3 is 9.13 Å². The smallest absolute Gasteiger partial charge is 0.164 e. The van der Waals surface area contributed by atoms with Crippen molar-refractivity contribution >= 4 is 32.7 Å². The predicted octanol–water partition coefficient (Wildman–Crippen LogP) is 13.9. The third-order valence-electron chi connectivity index (χ3n) is 12.5. The molecule has 11 aromatic rings. The summed E-state index contributed by atoms with van der Waals surface area (Å²) in [4.78, 5) is 15.2. The van der Waals surface area contributed by atoms with E-state index in [-0.39, 0.29) is 5.41 Å². The number of hydrogen-bond donors (Lipinski definition) is 0. The molecule has 0 bridgehead atoms. The number of hydrogen-bond acceptors (Lipinski definition) is 3. The zero-order chi connectivity index (χ0) is 40.7. The van der Waals surface area contributed by atoms with Gasteiger partial charge in [-0.3, -0.25) is 0 Å². The van der Waals surface area contributed by atoms with Crippen molar-refractivity contribution in [2.45, 2.75) is 19.3 Å². The Hall–Kier alpha value is -7.89. The summed E-state index contributed by atoms with van der Waals surface area (Å²) >= 11 is 0. The summed E-state index contributed by atoms with van der Waals surface area (Å²) in [6.07, 6.45) is 0. The van der Waals surface area contributed by atoms with E-state index in [0.29, 0.717) is 17.5 Å². The molecule has 0 spiro atoms. The molecule has 0 aliphatic heterocycles. The third-order valence-corrected chi connectivity index (χ3v) is 12.5. The minimum atomic E-state index is -0.208. The molecule has 0 unspecified atom stereocenters. The lowest BCUT2D eigenvalue weighted by atomic mass is 9.81. The average molecular weight is 782 g/mol. The highest BCUT2D eigenvalue weighted by atomic mass is 15.0. The van der Waals surface area contributed by atoms with Gasteiger partial charge in [0.1, 0.15) is 0 Å². The van der Waals surface area contributed by atoms with E-state index in [1.807, 2.05) is 36.4 Å². The van der Waals surface area contributed by atoms with Crippen molar-refractivity contribution in [2.75, 3.05) is 0 Å². The van der Waals surface area contributed by atoms with Crippen molar-refractivity contribution in [2.24, 2.45) is 0 Å². The first-order chi connectivity index (χ1) is 30.0. The van der Waals surface area contributed by atoms with Crippen molar-refractivity contribution in [1.29, 1.82) is 0 Å². The van der Waals surface area contributed by atoms with Crippen LogP contribution >= 0.6 is 0 Å². The molecule has 0 atom stereocenters. The van der Waals surface area contributed by atoms with E-state index in [1.54, 1.807) is 0 Å². The first kappa shape index (κ1) is 35.1. The summed E-state index contributed by atoms with van der Waals surface area (Å²) in [5.41, 5.74) is 15.9. The van der Waals surface area contributed by atoms with Crippen LogP contribution in [0.25, 0.3) is 101 Å². The van der Waals surface area contributed by atoms with E-state index >= 15 is 0 Å². The van der Waals surface area contributed by atoms with Gasteiger partial charge >= 0.3 is 0 Å². The van der Waals surface area contributed by atoms with Crippen LogP contribution in [0.3, 0.4) is 0 Å². The van der Waals surface area contributed by atoms with Gasteiger partial charge in [-0.05, 0) is 70.8 Å². The fraction of sp³-hybridized carbons (Fsp3) is 0.0536. The lowest BCUT2D eigenvalue weighted by Crippen LogP contribution is -2.14. The fourth-order valence-electron chi connectivity index (χ4n) is 9.71. The highest BCUT2D eigenvalue weighted by molar-refractivity contribution is 6.16. The Bertz CT molecular complexity index is 3420. The van der Waals surface area contributed by atoms with Crippen LogP contribution in [0.5, 0.6) is 0 Å². The van der Waals surface area contributed by atoms with Crippen LogP contribution < -0.4 is 0 Å². The van der Waals surface area contributed by atoms with Crippen LogP contribution in [-0.2, 0) is 5.41 Å². The molecular formula is C56H39N5. The Morgan fingerprint density at radius 2 is 0.869 bits per heavy atom. The summed E-state index contributed by atoms with van der Waals surface area (Å²) in [7, 11) is 0. The predicted molar refractivity (Wildman–Crippen MR) is 250 cm³/mol. The Kier molecular flexibility index (Phi) is 7.81. The number of nitrogens with zero attached hydrogens (tertiary/aromatic N) is 5. The third kappa shape index (κ3) is 5.51. The molecule has 0 fully saturated rings. The van der Waals surface area contributed by atoms with Crippen LogP contribution in [0.1, 0.15) is 25.0 Å². The largest absolute Gasteiger partial charge is 0.309 e. The molecule has 8 aromatic carbocycles. The van der Waals surface area contributed by atoms with Crippen LogP contribution in [0.4, 0.5) is 0 Å². The van der Waals surface area contributed by atoms with Gasteiger partial charge in [-0.2, -0.15) is 0 Å². The number of aromatic nitrogens is 5. The van der Waals surface area contributed by atoms with E-state index in [2.05, 4.69) is 187 Å². The van der Waals surface area contributed by atoms with Crippen LogP contribution in [0, 0.1) is 0 Å². The summed E-state index contributed by atoms with van der Waals surface area (Å²) in [5, 5.41) is 3.65. The lowest BCUT2D eigenvalue weighted by molar-refractivity contribution is 0.666.